The molecule has 0 aliphatic rings. The second kappa shape index (κ2) is 7.90. The first-order chi connectivity index (χ1) is 13.3. The summed E-state index contributed by atoms with van der Waals surface area (Å²) in [6, 6.07) is 27.7. The molecule has 3 aromatic carbocycles. The first-order valence-corrected chi connectivity index (χ1v) is 9.51. The number of rotatable bonds is 5. The zero-order valence-electron chi connectivity index (χ0n) is 14.5. The van der Waals surface area contributed by atoms with Crippen molar-refractivity contribution in [1.82, 2.24) is 9.97 Å². The first kappa shape index (κ1) is 17.1. The molecule has 27 heavy (non-hydrogen) atoms. The van der Waals surface area contributed by atoms with E-state index in [1.54, 1.807) is 11.8 Å². The van der Waals surface area contributed by atoms with Crippen LogP contribution in [0, 0.1) is 11.3 Å². The molecule has 1 heterocycles. The zero-order valence-corrected chi connectivity index (χ0v) is 15.3. The van der Waals surface area contributed by atoms with E-state index < -0.39 is 0 Å². The van der Waals surface area contributed by atoms with Crippen LogP contribution in [0.3, 0.4) is 0 Å². The van der Waals surface area contributed by atoms with Crippen molar-refractivity contribution in [2.45, 2.75) is 10.9 Å². The van der Waals surface area contributed by atoms with Gasteiger partial charge in [0.1, 0.15) is 5.82 Å². The fourth-order valence-electron chi connectivity index (χ4n) is 2.70. The van der Waals surface area contributed by atoms with Gasteiger partial charge in [-0.2, -0.15) is 5.26 Å². The molecule has 5 heteroatoms. The lowest BCUT2D eigenvalue weighted by Crippen LogP contribution is -1.98. The third-order valence-electron chi connectivity index (χ3n) is 4.07. The molecule has 4 aromatic rings. The van der Waals surface area contributed by atoms with E-state index in [1.807, 2.05) is 78.9 Å². The van der Waals surface area contributed by atoms with E-state index >= 15 is 0 Å². The predicted octanol–water partition coefficient (Wildman–Crippen LogP) is 5.54. The summed E-state index contributed by atoms with van der Waals surface area (Å²) in [4.78, 5) is 9.42. The van der Waals surface area contributed by atoms with Crippen molar-refractivity contribution in [1.29, 1.82) is 5.26 Å². The van der Waals surface area contributed by atoms with Crippen LogP contribution < -0.4 is 5.32 Å². The van der Waals surface area contributed by atoms with Gasteiger partial charge in [-0.1, -0.05) is 54.2 Å². The fourth-order valence-corrected chi connectivity index (χ4v) is 3.50. The van der Waals surface area contributed by atoms with Gasteiger partial charge in [0, 0.05) is 16.8 Å². The van der Waals surface area contributed by atoms with Crippen molar-refractivity contribution < 1.29 is 0 Å². The minimum Gasteiger partial charge on any atom is -0.340 e. The number of nitrogens with zero attached hydrogens (tertiary/aromatic N) is 3. The standard InChI is InChI=1S/C22H16N4S/c23-14-16-10-12-17(13-11-16)15-27-22-25-20-9-5-4-8-19(20)21(26-22)24-18-6-2-1-3-7-18/h1-13H,15H2,(H,24,25,26). The quantitative estimate of drug-likeness (QED) is 0.370. The van der Waals surface area contributed by atoms with Crippen molar-refractivity contribution in [2.75, 3.05) is 5.32 Å². The molecule has 0 aliphatic carbocycles. The summed E-state index contributed by atoms with van der Waals surface area (Å²) in [5.74, 6) is 1.54. The number of fused-ring (bicyclic) bond motifs is 1. The van der Waals surface area contributed by atoms with Crippen LogP contribution in [-0.2, 0) is 5.75 Å². The molecular weight excluding hydrogens is 352 g/mol. The molecule has 4 nitrogen and oxygen atoms in total. The van der Waals surface area contributed by atoms with Crippen LogP contribution in [0.4, 0.5) is 11.5 Å². The summed E-state index contributed by atoms with van der Waals surface area (Å²) >= 11 is 1.58. The van der Waals surface area contributed by atoms with E-state index in [1.165, 1.54) is 0 Å². The molecule has 4 rings (SSSR count). The summed E-state index contributed by atoms with van der Waals surface area (Å²) in [6.45, 7) is 0. The molecule has 0 spiro atoms. The Hall–Kier alpha value is -3.36. The average Bonchev–Trinajstić information content (AvgIpc) is 2.73. The minimum absolute atomic E-state index is 0.667. The lowest BCUT2D eigenvalue weighted by molar-refractivity contribution is 1.01. The van der Waals surface area contributed by atoms with Crippen LogP contribution in [0.1, 0.15) is 11.1 Å². The Labute approximate surface area is 161 Å². The van der Waals surface area contributed by atoms with Crippen LogP contribution >= 0.6 is 11.8 Å². The predicted molar refractivity (Wildman–Crippen MR) is 110 cm³/mol. The summed E-state index contributed by atoms with van der Waals surface area (Å²) in [7, 11) is 0. The Morgan fingerprint density at radius 2 is 1.59 bits per heavy atom. The third-order valence-corrected chi connectivity index (χ3v) is 4.99. The minimum atomic E-state index is 0.667. The molecule has 130 valence electrons. The van der Waals surface area contributed by atoms with Gasteiger partial charge in [0.2, 0.25) is 0 Å². The van der Waals surface area contributed by atoms with Gasteiger partial charge >= 0.3 is 0 Å². The van der Waals surface area contributed by atoms with Gasteiger partial charge in [-0.15, -0.1) is 0 Å². The lowest BCUT2D eigenvalue weighted by atomic mass is 10.2. The molecule has 0 unspecified atom stereocenters. The average molecular weight is 368 g/mol. The van der Waals surface area contributed by atoms with E-state index in [0.29, 0.717) is 5.56 Å². The van der Waals surface area contributed by atoms with Crippen molar-refractivity contribution in [3.63, 3.8) is 0 Å². The van der Waals surface area contributed by atoms with Gasteiger partial charge in [0.05, 0.1) is 17.1 Å². The van der Waals surface area contributed by atoms with E-state index in [2.05, 4.69) is 16.4 Å². The maximum Gasteiger partial charge on any atom is 0.190 e. The Bertz CT molecular complexity index is 1100. The largest absolute Gasteiger partial charge is 0.340 e. The number of benzene rings is 3. The maximum absolute atomic E-state index is 8.91. The highest BCUT2D eigenvalue weighted by Crippen LogP contribution is 2.28. The number of aromatic nitrogens is 2. The van der Waals surface area contributed by atoms with E-state index in [-0.39, 0.29) is 0 Å². The number of anilines is 2. The molecule has 0 amide bonds. The van der Waals surface area contributed by atoms with Crippen LogP contribution in [-0.4, -0.2) is 9.97 Å². The molecule has 0 saturated carbocycles. The van der Waals surface area contributed by atoms with E-state index in [0.717, 1.165) is 38.9 Å². The molecule has 0 fully saturated rings. The fraction of sp³-hybridized carbons (Fsp3) is 0.0455. The van der Waals surface area contributed by atoms with Gasteiger partial charge in [0.25, 0.3) is 0 Å². The molecule has 0 radical (unpaired) electrons. The Kier molecular flexibility index (Phi) is 4.99. The number of para-hydroxylation sites is 2. The summed E-state index contributed by atoms with van der Waals surface area (Å²) < 4.78 is 0. The number of nitrogens with one attached hydrogen (secondary N) is 1. The number of hydrogen-bond donors (Lipinski definition) is 1. The smallest absolute Gasteiger partial charge is 0.190 e. The second-order valence-corrected chi connectivity index (χ2v) is 6.90. The Morgan fingerprint density at radius 3 is 2.37 bits per heavy atom. The summed E-state index contributed by atoms with van der Waals surface area (Å²) in [6.07, 6.45) is 0. The van der Waals surface area contributed by atoms with Crippen molar-refractivity contribution in [3.05, 3.63) is 90.0 Å². The van der Waals surface area contributed by atoms with Crippen LogP contribution in [0.25, 0.3) is 10.9 Å². The Morgan fingerprint density at radius 1 is 0.852 bits per heavy atom. The van der Waals surface area contributed by atoms with Gasteiger partial charge in [-0.3, -0.25) is 0 Å². The summed E-state index contributed by atoms with van der Waals surface area (Å²) in [5.41, 5.74) is 3.70. The normalized spacial score (nSPS) is 10.5. The van der Waals surface area contributed by atoms with Gasteiger partial charge < -0.3 is 5.32 Å². The molecule has 0 atom stereocenters. The molecule has 0 aliphatic heterocycles. The molecule has 1 N–H and O–H groups in total. The van der Waals surface area contributed by atoms with Gasteiger partial charge in [-0.05, 0) is 42.0 Å². The topological polar surface area (TPSA) is 61.6 Å². The SMILES string of the molecule is N#Cc1ccc(CSc2nc(Nc3ccccc3)c3ccccc3n2)cc1. The maximum atomic E-state index is 8.91. The first-order valence-electron chi connectivity index (χ1n) is 8.52. The van der Waals surface area contributed by atoms with Crippen LogP contribution in [0.2, 0.25) is 0 Å². The van der Waals surface area contributed by atoms with E-state index in [4.69, 9.17) is 10.2 Å². The highest BCUT2D eigenvalue weighted by atomic mass is 32.2. The molecule has 0 bridgehead atoms. The number of nitriles is 1. The summed E-state index contributed by atoms with van der Waals surface area (Å²) in [5, 5.41) is 14.0. The number of thioether (sulfide) groups is 1. The third kappa shape index (κ3) is 4.08. The molecular formula is C22H16N4S. The van der Waals surface area contributed by atoms with Gasteiger partial charge in [-0.25, -0.2) is 9.97 Å². The van der Waals surface area contributed by atoms with Crippen molar-refractivity contribution in [2.24, 2.45) is 0 Å². The van der Waals surface area contributed by atoms with Gasteiger partial charge in [0.15, 0.2) is 5.16 Å². The highest BCUT2D eigenvalue weighted by Gasteiger charge is 2.09. The molecule has 1 aromatic heterocycles. The van der Waals surface area contributed by atoms with Crippen molar-refractivity contribution >= 4 is 34.2 Å². The second-order valence-electron chi connectivity index (χ2n) is 5.96. The highest BCUT2D eigenvalue weighted by molar-refractivity contribution is 7.98. The van der Waals surface area contributed by atoms with Crippen molar-refractivity contribution in [3.8, 4) is 6.07 Å². The van der Waals surface area contributed by atoms with Crippen LogP contribution in [0.15, 0.2) is 84.0 Å². The lowest BCUT2D eigenvalue weighted by Gasteiger charge is -2.10. The van der Waals surface area contributed by atoms with E-state index in [9.17, 15) is 0 Å². The number of hydrogen-bond acceptors (Lipinski definition) is 5. The molecule has 0 saturated heterocycles. The monoisotopic (exact) mass is 368 g/mol. The Balaban J connectivity index is 1.61. The zero-order chi connectivity index (χ0) is 18.5. The van der Waals surface area contributed by atoms with Crippen LogP contribution in [0.5, 0.6) is 0 Å².